The zero-order valence-electron chi connectivity index (χ0n) is 23.8. The number of rotatable bonds is 8. The van der Waals surface area contributed by atoms with E-state index in [1.807, 2.05) is 6.92 Å². The molecule has 43 heavy (non-hydrogen) atoms. The van der Waals surface area contributed by atoms with Crippen LogP contribution in [0, 0.1) is 0 Å². The fourth-order valence-electron chi connectivity index (χ4n) is 5.68. The van der Waals surface area contributed by atoms with E-state index in [4.69, 9.17) is 0 Å². The molecule has 0 unspecified atom stereocenters. The van der Waals surface area contributed by atoms with E-state index >= 15 is 0 Å². The fraction of sp³-hybridized carbons (Fsp3) is 0.393. The van der Waals surface area contributed by atoms with Gasteiger partial charge in [0.1, 0.15) is 18.0 Å². The molecule has 12 nitrogen and oxygen atoms in total. The van der Waals surface area contributed by atoms with Crippen molar-refractivity contribution in [3.8, 4) is 28.5 Å². The largest absolute Gasteiger partial charge is 0.418 e. The van der Waals surface area contributed by atoms with Gasteiger partial charge < -0.3 is 20.3 Å². The molecule has 1 aliphatic rings. The Labute approximate surface area is 243 Å². The minimum atomic E-state index is -4.71. The van der Waals surface area contributed by atoms with Gasteiger partial charge in [-0.05, 0) is 49.9 Å². The third-order valence-electron chi connectivity index (χ3n) is 7.76. The number of halogens is 3. The molecule has 0 bridgehead atoms. The number of aliphatic hydroxyl groups excluding tert-OH is 1. The molecule has 0 amide bonds. The highest BCUT2D eigenvalue weighted by Gasteiger charge is 2.35. The van der Waals surface area contributed by atoms with E-state index in [9.17, 15) is 23.1 Å². The van der Waals surface area contributed by atoms with Crippen molar-refractivity contribution < 1.29 is 18.3 Å². The van der Waals surface area contributed by atoms with Crippen LogP contribution >= 0.6 is 0 Å². The number of aliphatic hydroxyl groups is 1. The molecule has 2 atom stereocenters. The number of pyridine rings is 2. The molecule has 0 radical (unpaired) electrons. The van der Waals surface area contributed by atoms with Crippen molar-refractivity contribution in [3.63, 3.8) is 0 Å². The molecular weight excluding hydrogens is 565 g/mol. The molecule has 1 saturated carbocycles. The SMILES string of the molecule is CCNc1cc(-c2c(-c3nncn3C)cnn2C)cc(-n2cc3c(C(F)(F)F)cc(CN[C@@H]4CCC[C@@H]4O)cn3c2=O)n1. The van der Waals surface area contributed by atoms with Crippen LogP contribution in [-0.4, -0.2) is 62.3 Å². The van der Waals surface area contributed by atoms with Gasteiger partial charge in [0.15, 0.2) is 5.82 Å². The first kappa shape index (κ1) is 28.6. The average Bonchev–Trinajstić information content (AvgIpc) is 3.74. The van der Waals surface area contributed by atoms with Crippen molar-refractivity contribution in [2.24, 2.45) is 14.1 Å². The van der Waals surface area contributed by atoms with Gasteiger partial charge in [-0.15, -0.1) is 10.2 Å². The number of aromatic nitrogens is 8. The van der Waals surface area contributed by atoms with Crippen molar-refractivity contribution in [2.45, 2.75) is 51.1 Å². The first-order chi connectivity index (χ1) is 20.5. The number of alkyl halides is 3. The summed E-state index contributed by atoms with van der Waals surface area (Å²) < 4.78 is 48.4. The number of fused-ring (bicyclic) bond motifs is 1. The van der Waals surface area contributed by atoms with Gasteiger partial charge in [-0.1, -0.05) is 0 Å². The third kappa shape index (κ3) is 5.29. The summed E-state index contributed by atoms with van der Waals surface area (Å²) in [6, 6.07) is 4.26. The molecule has 6 rings (SSSR count). The van der Waals surface area contributed by atoms with Gasteiger partial charge in [0.2, 0.25) is 0 Å². The first-order valence-electron chi connectivity index (χ1n) is 13.9. The molecule has 5 aromatic rings. The Kier molecular flexibility index (Phi) is 7.30. The van der Waals surface area contributed by atoms with E-state index in [-0.39, 0.29) is 29.5 Å². The average molecular weight is 597 g/mol. The number of hydrogen-bond donors (Lipinski definition) is 3. The second-order valence-electron chi connectivity index (χ2n) is 10.7. The maximum Gasteiger partial charge on any atom is 0.418 e. The quantitative estimate of drug-likeness (QED) is 0.249. The van der Waals surface area contributed by atoms with Crippen LogP contribution in [0.4, 0.5) is 19.0 Å². The fourth-order valence-corrected chi connectivity index (χ4v) is 5.68. The standard InChI is InChI=1S/C28H31F3N10O2/c1-4-32-23-9-17(25-18(12-35-39(25)3)26-37-34-15-38(26)2)10-24(36-23)41-14-21-19(28(29,30)31)8-16(13-40(21)27(41)43)11-33-20-6-5-7-22(20)42/h8-10,12-15,20,22,33,42H,4-7,11H2,1-3H3,(H,32,36)/t20-,22+/m1/s1. The van der Waals surface area contributed by atoms with Crippen molar-refractivity contribution >= 4 is 11.3 Å². The van der Waals surface area contributed by atoms with Gasteiger partial charge >= 0.3 is 11.9 Å². The van der Waals surface area contributed by atoms with Crippen LogP contribution in [0.2, 0.25) is 0 Å². The summed E-state index contributed by atoms with van der Waals surface area (Å²) >= 11 is 0. The Hall–Kier alpha value is -4.50. The topological polar surface area (TPSA) is 132 Å². The maximum atomic E-state index is 14.3. The highest BCUT2D eigenvalue weighted by molar-refractivity contribution is 5.79. The molecule has 3 N–H and O–H groups in total. The molecule has 5 heterocycles. The third-order valence-corrected chi connectivity index (χ3v) is 7.76. The minimum absolute atomic E-state index is 0.0714. The van der Waals surface area contributed by atoms with Crippen molar-refractivity contribution in [1.82, 2.24) is 43.8 Å². The van der Waals surface area contributed by atoms with Gasteiger partial charge in [-0.25, -0.2) is 9.78 Å². The zero-order valence-corrected chi connectivity index (χ0v) is 23.8. The van der Waals surface area contributed by atoms with Crippen molar-refractivity contribution in [1.29, 1.82) is 0 Å². The Morgan fingerprint density at radius 3 is 2.63 bits per heavy atom. The van der Waals surface area contributed by atoms with Gasteiger partial charge in [0.25, 0.3) is 0 Å². The summed E-state index contributed by atoms with van der Waals surface area (Å²) in [5.41, 5.74) is 0.311. The van der Waals surface area contributed by atoms with E-state index in [0.717, 1.165) is 34.1 Å². The molecule has 15 heteroatoms. The number of imidazole rings is 1. The van der Waals surface area contributed by atoms with Gasteiger partial charge in [0.05, 0.1) is 34.6 Å². The first-order valence-corrected chi connectivity index (χ1v) is 13.9. The monoisotopic (exact) mass is 596 g/mol. The highest BCUT2D eigenvalue weighted by Crippen LogP contribution is 2.35. The van der Waals surface area contributed by atoms with Crippen molar-refractivity contribution in [2.75, 3.05) is 11.9 Å². The minimum Gasteiger partial charge on any atom is -0.392 e. The number of nitrogens with one attached hydrogen (secondary N) is 2. The molecule has 1 fully saturated rings. The van der Waals surface area contributed by atoms with Gasteiger partial charge in [-0.3, -0.25) is 13.6 Å². The number of anilines is 1. The normalized spacial score (nSPS) is 17.3. The summed E-state index contributed by atoms with van der Waals surface area (Å²) in [5, 5.41) is 29.0. The van der Waals surface area contributed by atoms with Crippen LogP contribution in [0.25, 0.3) is 34.0 Å². The second kappa shape index (κ2) is 11.0. The predicted octanol–water partition coefficient (Wildman–Crippen LogP) is 3.13. The van der Waals surface area contributed by atoms with Gasteiger partial charge in [-0.2, -0.15) is 18.3 Å². The van der Waals surface area contributed by atoms with Crippen LogP contribution < -0.4 is 16.3 Å². The summed E-state index contributed by atoms with van der Waals surface area (Å²) in [7, 11) is 3.56. The molecule has 0 spiro atoms. The smallest absolute Gasteiger partial charge is 0.392 e. The van der Waals surface area contributed by atoms with Crippen LogP contribution in [-0.2, 0) is 26.8 Å². The molecule has 5 aromatic heterocycles. The highest BCUT2D eigenvalue weighted by atomic mass is 19.4. The summed E-state index contributed by atoms with van der Waals surface area (Å²) in [5.74, 6) is 1.13. The lowest BCUT2D eigenvalue weighted by Crippen LogP contribution is -2.35. The summed E-state index contributed by atoms with van der Waals surface area (Å²) in [6.45, 7) is 2.48. The Morgan fingerprint density at radius 1 is 1.14 bits per heavy atom. The lowest BCUT2D eigenvalue weighted by Gasteiger charge is -2.17. The van der Waals surface area contributed by atoms with Crippen LogP contribution in [0.1, 0.15) is 37.3 Å². The van der Waals surface area contributed by atoms with Crippen molar-refractivity contribution in [3.05, 3.63) is 64.7 Å². The number of aryl methyl sites for hydroxylation is 2. The molecule has 226 valence electrons. The zero-order chi connectivity index (χ0) is 30.5. The van der Waals surface area contributed by atoms with E-state index in [1.54, 1.807) is 48.0 Å². The molecule has 1 aliphatic carbocycles. The molecular formula is C28H31F3N10O2. The second-order valence-corrected chi connectivity index (χ2v) is 10.7. The Morgan fingerprint density at radius 2 is 1.95 bits per heavy atom. The van der Waals surface area contributed by atoms with E-state index < -0.39 is 23.5 Å². The Bertz CT molecular complexity index is 1850. The van der Waals surface area contributed by atoms with Gasteiger partial charge in [0, 0.05) is 51.2 Å². The van der Waals surface area contributed by atoms with Crippen LogP contribution in [0.5, 0.6) is 0 Å². The molecule has 0 saturated heterocycles. The lowest BCUT2D eigenvalue weighted by atomic mass is 10.1. The molecule has 0 aromatic carbocycles. The van der Waals surface area contributed by atoms with Crippen LogP contribution in [0.3, 0.4) is 0 Å². The van der Waals surface area contributed by atoms with E-state index in [2.05, 4.69) is 30.9 Å². The van der Waals surface area contributed by atoms with Crippen LogP contribution in [0.15, 0.2) is 47.9 Å². The summed E-state index contributed by atoms with van der Waals surface area (Å²) in [6.07, 6.45) is 2.75. The predicted molar refractivity (Wildman–Crippen MR) is 153 cm³/mol. The lowest BCUT2D eigenvalue weighted by molar-refractivity contribution is -0.136. The molecule has 0 aliphatic heterocycles. The summed E-state index contributed by atoms with van der Waals surface area (Å²) in [4.78, 5) is 18.3. The Balaban J connectivity index is 1.48. The maximum absolute atomic E-state index is 14.3. The van der Waals surface area contributed by atoms with E-state index in [1.165, 1.54) is 6.20 Å². The van der Waals surface area contributed by atoms with E-state index in [0.29, 0.717) is 41.4 Å². The number of nitrogens with zero attached hydrogens (tertiary/aromatic N) is 8. The number of hydrogen-bond acceptors (Lipinski definition) is 8.